The SMILES string of the molecule is CC(=O)N(C)CC(=O)NCC(C)(O)CC(=O)O. The zero-order valence-electron chi connectivity index (χ0n) is 10.2. The van der Waals surface area contributed by atoms with Gasteiger partial charge in [-0.1, -0.05) is 0 Å². The van der Waals surface area contributed by atoms with Gasteiger partial charge in [0, 0.05) is 20.5 Å². The van der Waals surface area contributed by atoms with Crippen molar-refractivity contribution in [1.29, 1.82) is 0 Å². The second-order valence-electron chi connectivity index (χ2n) is 4.22. The van der Waals surface area contributed by atoms with Crippen molar-refractivity contribution in [3.63, 3.8) is 0 Å². The Balaban J connectivity index is 4.07. The quantitative estimate of drug-likeness (QED) is 0.546. The number of rotatable bonds is 6. The lowest BCUT2D eigenvalue weighted by molar-refractivity contribution is -0.142. The molecule has 0 aliphatic heterocycles. The maximum Gasteiger partial charge on any atom is 0.306 e. The summed E-state index contributed by atoms with van der Waals surface area (Å²) in [6.45, 7) is 2.34. The number of carbonyl (C=O) groups is 3. The van der Waals surface area contributed by atoms with E-state index in [0.29, 0.717) is 0 Å². The van der Waals surface area contributed by atoms with Crippen molar-refractivity contribution in [2.75, 3.05) is 20.1 Å². The molecular weight excluding hydrogens is 228 g/mol. The fourth-order valence-corrected chi connectivity index (χ4v) is 1.06. The van der Waals surface area contributed by atoms with Gasteiger partial charge in [-0.2, -0.15) is 0 Å². The molecule has 0 aromatic heterocycles. The molecule has 7 nitrogen and oxygen atoms in total. The van der Waals surface area contributed by atoms with Crippen LogP contribution in [0.1, 0.15) is 20.3 Å². The molecule has 0 radical (unpaired) electrons. The number of carboxylic acids is 1. The van der Waals surface area contributed by atoms with E-state index in [-0.39, 0.29) is 19.0 Å². The molecule has 1 atom stereocenters. The molecule has 0 rings (SSSR count). The predicted molar refractivity (Wildman–Crippen MR) is 59.2 cm³/mol. The Bertz CT molecular complexity index is 314. The van der Waals surface area contributed by atoms with Gasteiger partial charge in [-0.15, -0.1) is 0 Å². The lowest BCUT2D eigenvalue weighted by Crippen LogP contribution is -2.45. The molecule has 0 saturated carbocycles. The fraction of sp³-hybridized carbons (Fsp3) is 0.700. The molecular formula is C10H18N2O5. The van der Waals surface area contributed by atoms with E-state index >= 15 is 0 Å². The first kappa shape index (κ1) is 15.4. The van der Waals surface area contributed by atoms with Gasteiger partial charge in [0.15, 0.2) is 0 Å². The van der Waals surface area contributed by atoms with Crippen molar-refractivity contribution in [3.8, 4) is 0 Å². The highest BCUT2D eigenvalue weighted by Gasteiger charge is 2.25. The normalized spacial score (nSPS) is 13.6. The summed E-state index contributed by atoms with van der Waals surface area (Å²) in [6, 6.07) is 0. The standard InChI is InChI=1S/C10H18N2O5/c1-7(13)12(3)5-8(14)11-6-10(2,17)4-9(15)16/h17H,4-6H2,1-3H3,(H,11,14)(H,15,16). The van der Waals surface area contributed by atoms with Crippen LogP contribution in [-0.2, 0) is 14.4 Å². The van der Waals surface area contributed by atoms with Crippen LogP contribution in [0.5, 0.6) is 0 Å². The minimum atomic E-state index is -1.50. The minimum Gasteiger partial charge on any atom is -0.481 e. The van der Waals surface area contributed by atoms with Gasteiger partial charge in [-0.3, -0.25) is 14.4 Å². The summed E-state index contributed by atoms with van der Waals surface area (Å²) in [5, 5.41) is 20.5. The number of hydrogen-bond acceptors (Lipinski definition) is 4. The fourth-order valence-electron chi connectivity index (χ4n) is 1.06. The van der Waals surface area contributed by atoms with Crippen LogP contribution in [0.4, 0.5) is 0 Å². The summed E-state index contributed by atoms with van der Waals surface area (Å²) in [4.78, 5) is 33.8. The Kier molecular flexibility index (Phi) is 5.60. The highest BCUT2D eigenvalue weighted by Crippen LogP contribution is 2.07. The van der Waals surface area contributed by atoms with Crippen LogP contribution in [-0.4, -0.2) is 58.6 Å². The third-order valence-electron chi connectivity index (χ3n) is 2.12. The molecule has 1 unspecified atom stereocenters. The van der Waals surface area contributed by atoms with Gasteiger partial charge < -0.3 is 20.4 Å². The van der Waals surface area contributed by atoms with Crippen LogP contribution in [0, 0.1) is 0 Å². The van der Waals surface area contributed by atoms with Crippen LogP contribution < -0.4 is 5.32 Å². The minimum absolute atomic E-state index is 0.127. The van der Waals surface area contributed by atoms with Gasteiger partial charge in [-0.05, 0) is 6.92 Å². The van der Waals surface area contributed by atoms with E-state index in [0.717, 1.165) is 0 Å². The zero-order valence-corrected chi connectivity index (χ0v) is 10.2. The number of carboxylic acid groups (broad SMARTS) is 1. The second-order valence-corrected chi connectivity index (χ2v) is 4.22. The van der Waals surface area contributed by atoms with E-state index in [1.54, 1.807) is 0 Å². The van der Waals surface area contributed by atoms with Gasteiger partial charge in [0.2, 0.25) is 11.8 Å². The molecule has 0 saturated heterocycles. The summed E-state index contributed by atoms with van der Waals surface area (Å²) in [6.07, 6.45) is -0.462. The van der Waals surface area contributed by atoms with Crippen LogP contribution in [0.2, 0.25) is 0 Å². The Morgan fingerprint density at radius 3 is 2.29 bits per heavy atom. The molecule has 0 fully saturated rings. The Hall–Kier alpha value is -1.63. The Labute approximate surface area is 99.4 Å². The molecule has 0 spiro atoms. The average molecular weight is 246 g/mol. The van der Waals surface area contributed by atoms with Gasteiger partial charge in [0.1, 0.15) is 0 Å². The van der Waals surface area contributed by atoms with Crippen molar-refractivity contribution in [2.24, 2.45) is 0 Å². The maximum absolute atomic E-state index is 11.3. The van der Waals surface area contributed by atoms with Crippen LogP contribution in [0.25, 0.3) is 0 Å². The number of likely N-dealkylation sites (N-methyl/N-ethyl adjacent to an activating group) is 1. The lowest BCUT2D eigenvalue weighted by atomic mass is 10.0. The van der Waals surface area contributed by atoms with Crippen molar-refractivity contribution >= 4 is 17.8 Å². The summed E-state index contributed by atoms with van der Waals surface area (Å²) < 4.78 is 0. The zero-order chi connectivity index (χ0) is 13.6. The molecule has 0 heterocycles. The summed E-state index contributed by atoms with van der Waals surface area (Å²) >= 11 is 0. The molecule has 0 aliphatic carbocycles. The van der Waals surface area contributed by atoms with Crippen molar-refractivity contribution in [3.05, 3.63) is 0 Å². The third-order valence-corrected chi connectivity index (χ3v) is 2.12. The number of nitrogens with one attached hydrogen (secondary N) is 1. The van der Waals surface area contributed by atoms with Gasteiger partial charge >= 0.3 is 5.97 Å². The molecule has 0 bridgehead atoms. The first-order chi connectivity index (χ1) is 7.64. The topological polar surface area (TPSA) is 107 Å². The van der Waals surface area contributed by atoms with E-state index < -0.39 is 23.9 Å². The molecule has 7 heteroatoms. The van der Waals surface area contributed by atoms with Gasteiger partial charge in [-0.25, -0.2) is 0 Å². The van der Waals surface area contributed by atoms with Gasteiger partial charge in [0.25, 0.3) is 0 Å². The first-order valence-electron chi connectivity index (χ1n) is 5.06. The third kappa shape index (κ3) is 7.29. The number of aliphatic hydroxyl groups is 1. The Morgan fingerprint density at radius 1 is 1.35 bits per heavy atom. The van der Waals surface area contributed by atoms with E-state index in [4.69, 9.17) is 5.11 Å². The number of amides is 2. The summed E-state index contributed by atoms with van der Waals surface area (Å²) in [5.41, 5.74) is -1.50. The highest BCUT2D eigenvalue weighted by molar-refractivity contribution is 5.83. The molecule has 98 valence electrons. The largest absolute Gasteiger partial charge is 0.481 e. The highest BCUT2D eigenvalue weighted by atomic mass is 16.4. The van der Waals surface area contributed by atoms with E-state index in [9.17, 15) is 19.5 Å². The van der Waals surface area contributed by atoms with Crippen LogP contribution in [0.15, 0.2) is 0 Å². The second kappa shape index (κ2) is 6.19. The van der Waals surface area contributed by atoms with Gasteiger partial charge in [0.05, 0.1) is 18.6 Å². The molecule has 0 aromatic carbocycles. The molecule has 17 heavy (non-hydrogen) atoms. The summed E-state index contributed by atoms with van der Waals surface area (Å²) in [7, 11) is 1.47. The lowest BCUT2D eigenvalue weighted by Gasteiger charge is -2.22. The van der Waals surface area contributed by atoms with E-state index in [1.807, 2.05) is 0 Å². The summed E-state index contributed by atoms with van der Waals surface area (Å²) in [5.74, 6) is -1.85. The number of hydrogen-bond donors (Lipinski definition) is 3. The van der Waals surface area contributed by atoms with Crippen LogP contribution in [0.3, 0.4) is 0 Å². The van der Waals surface area contributed by atoms with Crippen molar-refractivity contribution in [2.45, 2.75) is 25.9 Å². The van der Waals surface area contributed by atoms with Crippen molar-refractivity contribution < 1.29 is 24.6 Å². The smallest absolute Gasteiger partial charge is 0.306 e. The maximum atomic E-state index is 11.3. The predicted octanol–water partition coefficient (Wildman–Crippen LogP) is -1.19. The average Bonchev–Trinajstić information content (AvgIpc) is 2.12. The van der Waals surface area contributed by atoms with E-state index in [1.165, 1.54) is 25.8 Å². The van der Waals surface area contributed by atoms with Crippen molar-refractivity contribution in [1.82, 2.24) is 10.2 Å². The number of carbonyl (C=O) groups excluding carboxylic acids is 2. The monoisotopic (exact) mass is 246 g/mol. The first-order valence-corrected chi connectivity index (χ1v) is 5.06. The number of nitrogens with zero attached hydrogens (tertiary/aromatic N) is 1. The molecule has 0 aliphatic rings. The van der Waals surface area contributed by atoms with Crippen LogP contribution >= 0.6 is 0 Å². The Morgan fingerprint density at radius 2 is 1.88 bits per heavy atom. The molecule has 2 amide bonds. The number of aliphatic carboxylic acids is 1. The molecule has 3 N–H and O–H groups in total. The van der Waals surface area contributed by atoms with E-state index in [2.05, 4.69) is 5.32 Å². The molecule has 0 aromatic rings.